The number of nitrogens with one attached hydrogen (secondary N) is 2. The van der Waals surface area contributed by atoms with Crippen LogP contribution in [0.5, 0.6) is 0 Å². The number of fused-ring (bicyclic) bond motifs is 1. The molecule has 1 heterocycles. The Bertz CT molecular complexity index is 583. The number of benzene rings is 1. The maximum atomic E-state index is 12.0. The molecule has 6 heteroatoms. The zero-order chi connectivity index (χ0) is 15.9. The van der Waals surface area contributed by atoms with Crippen molar-refractivity contribution in [2.24, 2.45) is 0 Å². The van der Waals surface area contributed by atoms with Gasteiger partial charge in [-0.2, -0.15) is 0 Å². The summed E-state index contributed by atoms with van der Waals surface area (Å²) in [6, 6.07) is 7.55. The van der Waals surface area contributed by atoms with Crippen molar-refractivity contribution < 1.29 is 9.59 Å². The fraction of sp³-hybridized carbons (Fsp3) is 0.375. The van der Waals surface area contributed by atoms with E-state index in [1.54, 1.807) is 0 Å². The number of hydrogen-bond acceptors (Lipinski definition) is 4. The van der Waals surface area contributed by atoms with Gasteiger partial charge in [-0.3, -0.25) is 9.59 Å². The van der Waals surface area contributed by atoms with Crippen molar-refractivity contribution in [2.75, 3.05) is 31.5 Å². The smallest absolute Gasteiger partial charge is 0.262 e. The molecule has 1 aliphatic heterocycles. The molecule has 0 aromatic heterocycles. The third kappa shape index (κ3) is 4.35. The molecule has 0 radical (unpaired) electrons. The summed E-state index contributed by atoms with van der Waals surface area (Å²) < 4.78 is 0. The fourth-order valence-electron chi connectivity index (χ4n) is 2.15. The number of amides is 2. The zero-order valence-electron chi connectivity index (χ0n) is 12.9. The molecule has 22 heavy (non-hydrogen) atoms. The van der Waals surface area contributed by atoms with E-state index in [2.05, 4.69) is 29.4 Å². The zero-order valence-corrected chi connectivity index (χ0v) is 13.7. The lowest BCUT2D eigenvalue weighted by Crippen LogP contribution is -2.34. The largest absolute Gasteiger partial charge is 0.351 e. The van der Waals surface area contributed by atoms with Crippen LogP contribution in [0.15, 0.2) is 40.1 Å². The van der Waals surface area contributed by atoms with E-state index in [1.807, 2.05) is 24.3 Å². The molecule has 0 spiro atoms. The lowest BCUT2D eigenvalue weighted by molar-refractivity contribution is -0.117. The first-order chi connectivity index (χ1) is 10.6. The molecule has 1 aromatic carbocycles. The van der Waals surface area contributed by atoms with Crippen LogP contribution in [-0.4, -0.2) is 42.9 Å². The molecule has 2 N–H and O–H groups in total. The molecule has 0 bridgehead atoms. The molecule has 2 amide bonds. The predicted octanol–water partition coefficient (Wildman–Crippen LogP) is 2.07. The van der Waals surface area contributed by atoms with Gasteiger partial charge in [-0.15, -0.1) is 0 Å². The van der Waals surface area contributed by atoms with Crippen molar-refractivity contribution in [1.29, 1.82) is 0 Å². The molecule has 1 aromatic rings. The van der Waals surface area contributed by atoms with Gasteiger partial charge >= 0.3 is 0 Å². The summed E-state index contributed by atoms with van der Waals surface area (Å²) in [6.07, 6.45) is 1.37. The third-order valence-corrected chi connectivity index (χ3v) is 4.56. The van der Waals surface area contributed by atoms with Gasteiger partial charge in [-0.05, 0) is 25.2 Å². The van der Waals surface area contributed by atoms with E-state index in [1.165, 1.54) is 17.8 Å². The van der Waals surface area contributed by atoms with E-state index in [0.717, 1.165) is 30.2 Å². The van der Waals surface area contributed by atoms with Gasteiger partial charge in [0.15, 0.2) is 0 Å². The van der Waals surface area contributed by atoms with Crippen molar-refractivity contribution >= 4 is 29.3 Å². The van der Waals surface area contributed by atoms with Crippen LogP contribution in [0.4, 0.5) is 5.69 Å². The summed E-state index contributed by atoms with van der Waals surface area (Å²) in [5, 5.41) is 5.61. The molecular weight excluding hydrogens is 298 g/mol. The minimum atomic E-state index is -0.234. The van der Waals surface area contributed by atoms with E-state index >= 15 is 0 Å². The lowest BCUT2D eigenvalue weighted by atomic mass is 10.3. The highest BCUT2D eigenvalue weighted by molar-refractivity contribution is 8.04. The molecule has 0 saturated carbocycles. The Hall–Kier alpha value is -1.79. The van der Waals surface area contributed by atoms with Gasteiger partial charge in [0.2, 0.25) is 5.91 Å². The standard InChI is InChI=1S/C16H21N3O2S/c1-3-19(4-2)10-9-17-15(20)11-14-16(21)18-12-7-5-6-8-13(12)22-14/h5-8,11H,3-4,9-10H2,1-2H3,(H,17,20)(H,18,21). The highest BCUT2D eigenvalue weighted by atomic mass is 32.2. The van der Waals surface area contributed by atoms with E-state index < -0.39 is 0 Å². The number of thioether (sulfide) groups is 1. The first kappa shape index (κ1) is 16.6. The first-order valence-electron chi connectivity index (χ1n) is 7.44. The summed E-state index contributed by atoms with van der Waals surface area (Å²) in [7, 11) is 0. The summed E-state index contributed by atoms with van der Waals surface area (Å²) in [6.45, 7) is 7.49. The van der Waals surface area contributed by atoms with Crippen LogP contribution >= 0.6 is 11.8 Å². The van der Waals surface area contributed by atoms with Crippen LogP contribution in [0.3, 0.4) is 0 Å². The summed E-state index contributed by atoms with van der Waals surface area (Å²) in [5.41, 5.74) is 0.789. The van der Waals surface area contributed by atoms with Gasteiger partial charge in [0, 0.05) is 24.1 Å². The highest BCUT2D eigenvalue weighted by Crippen LogP contribution is 2.37. The molecule has 5 nitrogen and oxygen atoms in total. The van der Waals surface area contributed by atoms with E-state index in [4.69, 9.17) is 0 Å². The molecule has 0 saturated heterocycles. The van der Waals surface area contributed by atoms with Crippen LogP contribution in [0.1, 0.15) is 13.8 Å². The van der Waals surface area contributed by atoms with Crippen molar-refractivity contribution in [1.82, 2.24) is 10.2 Å². The van der Waals surface area contributed by atoms with Gasteiger partial charge in [0.05, 0.1) is 10.6 Å². The second-order valence-corrected chi connectivity index (χ2v) is 5.96. The van der Waals surface area contributed by atoms with Gasteiger partial charge in [0.1, 0.15) is 0 Å². The SMILES string of the molecule is CCN(CC)CCNC(=O)C=C1Sc2ccccc2NC1=O. The quantitative estimate of drug-likeness (QED) is 0.788. The number of hydrogen-bond donors (Lipinski definition) is 2. The topological polar surface area (TPSA) is 61.4 Å². The Morgan fingerprint density at radius 3 is 2.77 bits per heavy atom. The number of likely N-dealkylation sites (N-methyl/N-ethyl adjacent to an activating group) is 1. The van der Waals surface area contributed by atoms with Crippen molar-refractivity contribution in [3.63, 3.8) is 0 Å². The summed E-state index contributed by atoms with van der Waals surface area (Å²) in [5.74, 6) is -0.466. The first-order valence-corrected chi connectivity index (χ1v) is 8.25. The molecular formula is C16H21N3O2S. The van der Waals surface area contributed by atoms with Crippen molar-refractivity contribution in [2.45, 2.75) is 18.7 Å². The number of carbonyl (C=O) groups excluding carboxylic acids is 2. The Morgan fingerprint density at radius 1 is 1.32 bits per heavy atom. The Kier molecular flexibility index (Phi) is 6.03. The normalized spacial score (nSPS) is 15.6. The van der Waals surface area contributed by atoms with Crippen LogP contribution in [0, 0.1) is 0 Å². The molecule has 0 unspecified atom stereocenters. The Labute approximate surface area is 135 Å². The van der Waals surface area contributed by atoms with Gasteiger partial charge in [-0.1, -0.05) is 37.7 Å². The van der Waals surface area contributed by atoms with E-state index in [9.17, 15) is 9.59 Å². The van der Waals surface area contributed by atoms with Gasteiger partial charge in [-0.25, -0.2) is 0 Å². The second-order valence-electron chi connectivity index (χ2n) is 4.88. The molecule has 0 aliphatic carbocycles. The molecule has 0 atom stereocenters. The second kappa shape index (κ2) is 8.00. The van der Waals surface area contributed by atoms with Crippen molar-refractivity contribution in [3.8, 4) is 0 Å². The fourth-order valence-corrected chi connectivity index (χ4v) is 3.07. The van der Waals surface area contributed by atoms with E-state index in [-0.39, 0.29) is 11.8 Å². The number of nitrogens with zero attached hydrogens (tertiary/aromatic N) is 1. The highest BCUT2D eigenvalue weighted by Gasteiger charge is 2.21. The van der Waals surface area contributed by atoms with Crippen LogP contribution < -0.4 is 10.6 Å². The monoisotopic (exact) mass is 319 g/mol. The minimum absolute atomic E-state index is 0.232. The Morgan fingerprint density at radius 2 is 2.05 bits per heavy atom. The number of rotatable bonds is 6. The molecule has 1 aliphatic rings. The maximum Gasteiger partial charge on any atom is 0.262 e. The number of anilines is 1. The number of carbonyl (C=O) groups is 2. The molecule has 118 valence electrons. The van der Waals surface area contributed by atoms with Crippen LogP contribution in [-0.2, 0) is 9.59 Å². The Balaban J connectivity index is 1.92. The molecule has 0 fully saturated rings. The lowest BCUT2D eigenvalue weighted by Gasteiger charge is -2.19. The summed E-state index contributed by atoms with van der Waals surface area (Å²) >= 11 is 1.32. The average molecular weight is 319 g/mol. The van der Waals surface area contributed by atoms with Crippen molar-refractivity contribution in [3.05, 3.63) is 35.2 Å². The van der Waals surface area contributed by atoms with E-state index in [0.29, 0.717) is 11.4 Å². The maximum absolute atomic E-state index is 12.0. The molecule has 2 rings (SSSR count). The minimum Gasteiger partial charge on any atom is -0.351 e. The average Bonchev–Trinajstić information content (AvgIpc) is 2.52. The summed E-state index contributed by atoms with van der Waals surface area (Å²) in [4.78, 5) is 27.5. The van der Waals surface area contributed by atoms with Crippen LogP contribution in [0.2, 0.25) is 0 Å². The predicted molar refractivity (Wildman–Crippen MR) is 89.8 cm³/mol. The number of para-hydroxylation sites is 1. The third-order valence-electron chi connectivity index (χ3n) is 3.46. The van der Waals surface area contributed by atoms with Crippen LogP contribution in [0.25, 0.3) is 0 Å². The van der Waals surface area contributed by atoms with Gasteiger partial charge in [0.25, 0.3) is 5.91 Å². The van der Waals surface area contributed by atoms with Gasteiger partial charge < -0.3 is 15.5 Å².